The summed E-state index contributed by atoms with van der Waals surface area (Å²) in [5, 5.41) is 35.8. The van der Waals surface area contributed by atoms with Gasteiger partial charge >= 0.3 is 5.97 Å². The normalized spacial score (nSPS) is 19.7. The number of hydrogen-bond donors (Lipinski definition) is 4. The average molecular weight is 238 g/mol. The fraction of sp³-hybridized carbons (Fsp3) is 0.714. The third-order valence-corrected chi connectivity index (χ3v) is 2.47. The van der Waals surface area contributed by atoms with Crippen LogP contribution in [0.1, 0.15) is 0 Å². The van der Waals surface area contributed by atoms with Crippen molar-refractivity contribution in [3.63, 3.8) is 0 Å². The Balaban J connectivity index is 4.45. The van der Waals surface area contributed by atoms with Gasteiger partial charge in [0, 0.05) is 0 Å². The van der Waals surface area contributed by atoms with Crippen LogP contribution in [0.25, 0.3) is 0 Å². The molecule has 0 rings (SSSR count). The number of aldehydes is 1. The van der Waals surface area contributed by atoms with Crippen LogP contribution in [-0.4, -0.2) is 66.9 Å². The van der Waals surface area contributed by atoms with Gasteiger partial charge in [-0.05, 0) is 0 Å². The Morgan fingerprint density at radius 3 is 2.20 bits per heavy atom. The molecule has 0 amide bonds. The molecule has 0 radical (unpaired) electrons. The molecular formula is C7H14O7Si. The van der Waals surface area contributed by atoms with Crippen molar-refractivity contribution in [1.82, 2.24) is 0 Å². The molecule has 15 heavy (non-hydrogen) atoms. The molecule has 0 aromatic heterocycles. The Morgan fingerprint density at radius 1 is 1.33 bits per heavy atom. The molecule has 0 aromatic rings. The standard InChI is InChI=1S/C7H14O7Si/c1-15-14-3(2-8)4(9)5(10)6(11)7(12)13/h2-6,9-11H,15H2,1H3,(H,12,13)/t3-,4-,5+,6+/m1/s1. The first-order valence-corrected chi connectivity index (χ1v) is 6.28. The molecule has 0 aliphatic heterocycles. The lowest BCUT2D eigenvalue weighted by molar-refractivity contribution is -0.162. The summed E-state index contributed by atoms with van der Waals surface area (Å²) in [6, 6.07) is 0. The van der Waals surface area contributed by atoms with Crippen molar-refractivity contribution in [2.75, 3.05) is 0 Å². The minimum Gasteiger partial charge on any atom is -0.479 e. The summed E-state index contributed by atoms with van der Waals surface area (Å²) in [7, 11) is -0.995. The van der Waals surface area contributed by atoms with Gasteiger partial charge in [0.05, 0.1) is 0 Å². The van der Waals surface area contributed by atoms with Crippen LogP contribution >= 0.6 is 0 Å². The van der Waals surface area contributed by atoms with Gasteiger partial charge in [-0.15, -0.1) is 0 Å². The zero-order valence-corrected chi connectivity index (χ0v) is 9.52. The molecule has 7 nitrogen and oxygen atoms in total. The fourth-order valence-corrected chi connectivity index (χ4v) is 1.60. The third kappa shape index (κ3) is 4.06. The predicted octanol–water partition coefficient (Wildman–Crippen LogP) is -3.13. The smallest absolute Gasteiger partial charge is 0.335 e. The van der Waals surface area contributed by atoms with Gasteiger partial charge in [0.25, 0.3) is 0 Å². The van der Waals surface area contributed by atoms with Crippen LogP contribution in [0.4, 0.5) is 0 Å². The van der Waals surface area contributed by atoms with E-state index in [0.29, 0.717) is 0 Å². The lowest BCUT2D eigenvalue weighted by Crippen LogP contribution is -2.49. The summed E-state index contributed by atoms with van der Waals surface area (Å²) in [6.07, 6.45) is -6.89. The number of carbonyl (C=O) groups excluding carboxylic acids is 1. The van der Waals surface area contributed by atoms with E-state index in [2.05, 4.69) is 0 Å². The maximum atomic E-state index is 10.4. The number of aliphatic carboxylic acids is 1. The highest BCUT2D eigenvalue weighted by Gasteiger charge is 2.35. The lowest BCUT2D eigenvalue weighted by Gasteiger charge is -2.24. The van der Waals surface area contributed by atoms with Crippen LogP contribution in [-0.2, 0) is 14.0 Å². The summed E-state index contributed by atoms with van der Waals surface area (Å²) in [6.45, 7) is 1.70. The molecule has 0 spiro atoms. The topological polar surface area (TPSA) is 124 Å². The van der Waals surface area contributed by atoms with Crippen LogP contribution in [0.3, 0.4) is 0 Å². The largest absolute Gasteiger partial charge is 0.479 e. The molecule has 0 heterocycles. The van der Waals surface area contributed by atoms with Crippen LogP contribution in [0.5, 0.6) is 0 Å². The minimum absolute atomic E-state index is 0.263. The molecule has 0 fully saturated rings. The van der Waals surface area contributed by atoms with E-state index in [1.54, 1.807) is 6.55 Å². The van der Waals surface area contributed by atoms with Gasteiger partial charge in [0.2, 0.25) is 0 Å². The number of rotatable bonds is 7. The molecule has 88 valence electrons. The number of carboxylic acids is 1. The van der Waals surface area contributed by atoms with Crippen molar-refractivity contribution in [2.45, 2.75) is 31.0 Å². The van der Waals surface area contributed by atoms with Gasteiger partial charge < -0.3 is 29.6 Å². The summed E-state index contributed by atoms with van der Waals surface area (Å²) >= 11 is 0. The monoisotopic (exact) mass is 238 g/mol. The molecule has 0 saturated carbocycles. The highest BCUT2D eigenvalue weighted by molar-refractivity contribution is 6.25. The maximum Gasteiger partial charge on any atom is 0.335 e. The second-order valence-corrected chi connectivity index (χ2v) is 3.73. The molecular weight excluding hydrogens is 224 g/mol. The number of hydrogen-bond acceptors (Lipinski definition) is 6. The molecule has 0 aromatic carbocycles. The highest BCUT2D eigenvalue weighted by atomic mass is 28.2. The number of carbonyl (C=O) groups is 2. The van der Waals surface area contributed by atoms with Crippen molar-refractivity contribution >= 4 is 22.0 Å². The third-order valence-electron chi connectivity index (χ3n) is 1.76. The molecule has 8 heteroatoms. The molecule has 0 aliphatic rings. The van der Waals surface area contributed by atoms with Gasteiger partial charge in [-0.3, -0.25) is 0 Å². The first-order chi connectivity index (χ1) is 6.95. The maximum absolute atomic E-state index is 10.4. The average Bonchev–Trinajstić information content (AvgIpc) is 2.22. The zero-order chi connectivity index (χ0) is 12.0. The Hall–Kier alpha value is -0.803. The van der Waals surface area contributed by atoms with Crippen molar-refractivity contribution in [3.8, 4) is 0 Å². The summed E-state index contributed by atoms with van der Waals surface area (Å²) in [5.41, 5.74) is 0. The van der Waals surface area contributed by atoms with E-state index in [1.807, 2.05) is 0 Å². The van der Waals surface area contributed by atoms with Crippen LogP contribution in [0.2, 0.25) is 6.55 Å². The van der Waals surface area contributed by atoms with E-state index in [-0.39, 0.29) is 6.29 Å². The SMILES string of the molecule is C[SiH2]O[C@H](C=O)[C@@H](O)[C@H](O)[C@H](O)C(=O)O. The Labute approximate surface area is 88.2 Å². The zero-order valence-electron chi connectivity index (χ0n) is 8.11. The van der Waals surface area contributed by atoms with Gasteiger partial charge in [-0.2, -0.15) is 0 Å². The molecule has 4 atom stereocenters. The van der Waals surface area contributed by atoms with Crippen LogP contribution < -0.4 is 0 Å². The van der Waals surface area contributed by atoms with Crippen molar-refractivity contribution in [2.24, 2.45) is 0 Å². The second-order valence-electron chi connectivity index (χ2n) is 2.82. The van der Waals surface area contributed by atoms with E-state index in [4.69, 9.17) is 14.6 Å². The summed E-state index contributed by atoms with van der Waals surface area (Å²) in [4.78, 5) is 20.7. The van der Waals surface area contributed by atoms with Gasteiger partial charge in [-0.25, -0.2) is 4.79 Å². The van der Waals surface area contributed by atoms with Crippen LogP contribution in [0, 0.1) is 0 Å². The predicted molar refractivity (Wildman–Crippen MR) is 51.0 cm³/mol. The van der Waals surface area contributed by atoms with E-state index >= 15 is 0 Å². The molecule has 0 aliphatic carbocycles. The highest BCUT2D eigenvalue weighted by Crippen LogP contribution is 2.06. The fourth-order valence-electron chi connectivity index (χ4n) is 0.938. The molecule has 4 N–H and O–H groups in total. The quantitative estimate of drug-likeness (QED) is 0.273. The number of aliphatic hydroxyl groups excluding tert-OH is 3. The van der Waals surface area contributed by atoms with Gasteiger partial charge in [0.15, 0.2) is 15.9 Å². The van der Waals surface area contributed by atoms with E-state index in [0.717, 1.165) is 0 Å². The van der Waals surface area contributed by atoms with Crippen LogP contribution in [0.15, 0.2) is 0 Å². The van der Waals surface area contributed by atoms with Gasteiger partial charge in [0.1, 0.15) is 24.6 Å². The van der Waals surface area contributed by atoms with Crippen molar-refractivity contribution in [3.05, 3.63) is 0 Å². The Morgan fingerprint density at radius 2 is 1.87 bits per heavy atom. The molecule has 0 saturated heterocycles. The van der Waals surface area contributed by atoms with E-state index in [1.165, 1.54) is 0 Å². The summed E-state index contributed by atoms with van der Waals surface area (Å²) < 4.78 is 4.86. The molecule has 0 unspecified atom stereocenters. The minimum atomic E-state index is -2.15. The molecule has 0 bridgehead atoms. The van der Waals surface area contributed by atoms with E-state index < -0.39 is 40.1 Å². The number of carboxylic acid groups (broad SMARTS) is 1. The first-order valence-electron chi connectivity index (χ1n) is 4.29. The second kappa shape index (κ2) is 6.64. The lowest BCUT2D eigenvalue weighted by atomic mass is 10.0. The van der Waals surface area contributed by atoms with Crippen molar-refractivity contribution < 1.29 is 34.4 Å². The first kappa shape index (κ1) is 14.2. The summed E-state index contributed by atoms with van der Waals surface area (Å²) in [5.74, 6) is -1.68. The van der Waals surface area contributed by atoms with Crippen molar-refractivity contribution in [1.29, 1.82) is 0 Å². The van der Waals surface area contributed by atoms with Gasteiger partial charge in [-0.1, -0.05) is 6.55 Å². The Bertz CT molecular complexity index is 221. The van der Waals surface area contributed by atoms with E-state index in [9.17, 15) is 19.8 Å². The Kier molecular flexibility index (Phi) is 6.28. The number of aliphatic hydroxyl groups is 3.